The molecule has 0 aliphatic rings. The zero-order valence-corrected chi connectivity index (χ0v) is 12.3. The molecule has 0 aromatic heterocycles. The Kier molecular flexibility index (Phi) is 4.82. The molecule has 2 N–H and O–H groups in total. The molecule has 0 fully saturated rings. The number of hydrogen-bond acceptors (Lipinski definition) is 3. The van der Waals surface area contributed by atoms with Gasteiger partial charge >= 0.3 is 0 Å². The van der Waals surface area contributed by atoms with Gasteiger partial charge in [0.1, 0.15) is 17.2 Å². The maximum atomic E-state index is 5.79. The van der Waals surface area contributed by atoms with Gasteiger partial charge in [0.05, 0.1) is 6.61 Å². The molecule has 100 valence electrons. The van der Waals surface area contributed by atoms with E-state index in [0.717, 1.165) is 27.3 Å². The zero-order valence-electron chi connectivity index (χ0n) is 10.7. The van der Waals surface area contributed by atoms with Gasteiger partial charge in [-0.1, -0.05) is 15.9 Å². The first kappa shape index (κ1) is 13.9. The summed E-state index contributed by atoms with van der Waals surface area (Å²) in [5.41, 5.74) is 6.66. The summed E-state index contributed by atoms with van der Waals surface area (Å²) in [5, 5.41) is 0. The average Bonchev–Trinajstić information content (AvgIpc) is 2.40. The number of halogens is 1. The van der Waals surface area contributed by atoms with Crippen molar-refractivity contribution in [2.24, 2.45) is 5.73 Å². The van der Waals surface area contributed by atoms with Crippen LogP contribution in [0.4, 0.5) is 0 Å². The van der Waals surface area contributed by atoms with Crippen LogP contribution in [-0.4, -0.2) is 6.61 Å². The van der Waals surface area contributed by atoms with Crippen molar-refractivity contribution in [3.05, 3.63) is 52.5 Å². The monoisotopic (exact) mass is 321 g/mol. The highest BCUT2D eigenvalue weighted by atomic mass is 79.9. The Morgan fingerprint density at radius 2 is 1.68 bits per heavy atom. The molecule has 0 radical (unpaired) electrons. The van der Waals surface area contributed by atoms with Crippen LogP contribution < -0.4 is 15.2 Å². The highest BCUT2D eigenvalue weighted by Gasteiger charge is 2.02. The molecule has 0 amide bonds. The van der Waals surface area contributed by atoms with Crippen LogP contribution in [0.3, 0.4) is 0 Å². The minimum absolute atomic E-state index is 0.485. The summed E-state index contributed by atoms with van der Waals surface area (Å²) in [4.78, 5) is 0. The topological polar surface area (TPSA) is 44.5 Å². The minimum atomic E-state index is 0.485. The summed E-state index contributed by atoms with van der Waals surface area (Å²) < 4.78 is 12.1. The Balaban J connectivity index is 2.14. The van der Waals surface area contributed by atoms with Crippen molar-refractivity contribution in [2.45, 2.75) is 13.5 Å². The van der Waals surface area contributed by atoms with Crippen LogP contribution in [0.2, 0.25) is 0 Å². The zero-order chi connectivity index (χ0) is 13.7. The second-order valence-corrected chi connectivity index (χ2v) is 4.92. The van der Waals surface area contributed by atoms with Gasteiger partial charge in [0.15, 0.2) is 0 Å². The molecule has 2 aromatic carbocycles. The lowest BCUT2D eigenvalue weighted by Gasteiger charge is -2.09. The van der Waals surface area contributed by atoms with Crippen molar-refractivity contribution in [1.29, 1.82) is 0 Å². The molecule has 0 atom stereocenters. The molecule has 0 saturated carbocycles. The Bertz CT molecular complexity index is 540. The number of rotatable bonds is 5. The molecule has 0 bridgehead atoms. The van der Waals surface area contributed by atoms with E-state index in [9.17, 15) is 0 Å². The van der Waals surface area contributed by atoms with Gasteiger partial charge in [0, 0.05) is 11.0 Å². The Hall–Kier alpha value is -1.52. The molecular weight excluding hydrogens is 306 g/mol. The summed E-state index contributed by atoms with van der Waals surface area (Å²) in [6.45, 7) is 3.10. The predicted octanol–water partition coefficient (Wildman–Crippen LogP) is 4.10. The van der Waals surface area contributed by atoms with Crippen LogP contribution in [0.5, 0.6) is 17.2 Å². The van der Waals surface area contributed by atoms with E-state index in [1.54, 1.807) is 0 Å². The predicted molar refractivity (Wildman–Crippen MR) is 79.7 cm³/mol. The van der Waals surface area contributed by atoms with Gasteiger partial charge < -0.3 is 15.2 Å². The molecule has 0 aliphatic heterocycles. The van der Waals surface area contributed by atoms with E-state index in [-0.39, 0.29) is 0 Å². The first-order valence-electron chi connectivity index (χ1n) is 6.11. The van der Waals surface area contributed by atoms with Crippen molar-refractivity contribution in [3.8, 4) is 17.2 Å². The van der Waals surface area contributed by atoms with E-state index in [2.05, 4.69) is 15.9 Å². The minimum Gasteiger partial charge on any atom is -0.494 e. The number of ether oxygens (including phenoxy) is 2. The quantitative estimate of drug-likeness (QED) is 0.901. The third kappa shape index (κ3) is 3.98. The van der Waals surface area contributed by atoms with Crippen molar-refractivity contribution in [3.63, 3.8) is 0 Å². The molecule has 0 spiro atoms. The van der Waals surface area contributed by atoms with E-state index in [1.807, 2.05) is 49.4 Å². The van der Waals surface area contributed by atoms with E-state index in [0.29, 0.717) is 13.2 Å². The molecule has 0 unspecified atom stereocenters. The fourth-order valence-corrected chi connectivity index (χ4v) is 2.22. The van der Waals surface area contributed by atoms with Crippen LogP contribution in [0.25, 0.3) is 0 Å². The molecule has 19 heavy (non-hydrogen) atoms. The largest absolute Gasteiger partial charge is 0.494 e. The Labute approximate surface area is 121 Å². The molecule has 3 nitrogen and oxygen atoms in total. The van der Waals surface area contributed by atoms with E-state index < -0.39 is 0 Å². The first-order chi connectivity index (χ1) is 9.21. The normalized spacial score (nSPS) is 10.3. The van der Waals surface area contributed by atoms with Crippen molar-refractivity contribution in [1.82, 2.24) is 0 Å². The van der Waals surface area contributed by atoms with Gasteiger partial charge in [0.2, 0.25) is 0 Å². The highest BCUT2D eigenvalue weighted by molar-refractivity contribution is 9.10. The van der Waals surface area contributed by atoms with Gasteiger partial charge in [-0.05, 0) is 55.0 Å². The molecule has 0 heterocycles. The highest BCUT2D eigenvalue weighted by Crippen LogP contribution is 2.27. The fourth-order valence-electron chi connectivity index (χ4n) is 1.70. The molecular formula is C15H16BrNO2. The van der Waals surface area contributed by atoms with Crippen molar-refractivity contribution in [2.75, 3.05) is 6.61 Å². The smallest absolute Gasteiger partial charge is 0.128 e. The van der Waals surface area contributed by atoms with E-state index >= 15 is 0 Å². The average molecular weight is 322 g/mol. The second-order valence-electron chi connectivity index (χ2n) is 4.01. The third-order valence-electron chi connectivity index (χ3n) is 2.54. The second kappa shape index (κ2) is 6.59. The van der Waals surface area contributed by atoms with Crippen LogP contribution >= 0.6 is 15.9 Å². The number of nitrogens with two attached hydrogens (primary N) is 1. The van der Waals surface area contributed by atoms with Gasteiger partial charge in [-0.3, -0.25) is 0 Å². The molecule has 0 aliphatic carbocycles. The third-order valence-corrected chi connectivity index (χ3v) is 3.00. The van der Waals surface area contributed by atoms with Gasteiger partial charge in [-0.2, -0.15) is 0 Å². The Morgan fingerprint density at radius 3 is 2.32 bits per heavy atom. The summed E-state index contributed by atoms with van der Waals surface area (Å²) in [6, 6.07) is 13.4. The maximum Gasteiger partial charge on any atom is 0.128 e. The van der Waals surface area contributed by atoms with Crippen molar-refractivity contribution < 1.29 is 9.47 Å². The maximum absolute atomic E-state index is 5.79. The fraction of sp³-hybridized carbons (Fsp3) is 0.200. The van der Waals surface area contributed by atoms with E-state index in [4.69, 9.17) is 15.2 Å². The van der Waals surface area contributed by atoms with Crippen LogP contribution in [0, 0.1) is 0 Å². The summed E-state index contributed by atoms with van der Waals surface area (Å²) in [7, 11) is 0. The molecule has 4 heteroatoms. The lowest BCUT2D eigenvalue weighted by molar-refractivity contribution is 0.339. The molecule has 2 rings (SSSR count). The first-order valence-corrected chi connectivity index (χ1v) is 6.91. The van der Waals surface area contributed by atoms with Crippen LogP contribution in [0.1, 0.15) is 12.5 Å². The van der Waals surface area contributed by atoms with Crippen LogP contribution in [-0.2, 0) is 6.54 Å². The molecule has 2 aromatic rings. The van der Waals surface area contributed by atoms with Gasteiger partial charge in [0.25, 0.3) is 0 Å². The summed E-state index contributed by atoms with van der Waals surface area (Å²) in [6.07, 6.45) is 0. The molecule has 0 saturated heterocycles. The summed E-state index contributed by atoms with van der Waals surface area (Å²) in [5.74, 6) is 2.37. The van der Waals surface area contributed by atoms with E-state index in [1.165, 1.54) is 0 Å². The summed E-state index contributed by atoms with van der Waals surface area (Å²) >= 11 is 3.44. The van der Waals surface area contributed by atoms with Crippen LogP contribution in [0.15, 0.2) is 46.9 Å². The number of hydrogen-bond donors (Lipinski definition) is 1. The van der Waals surface area contributed by atoms with Gasteiger partial charge in [-0.15, -0.1) is 0 Å². The lowest BCUT2D eigenvalue weighted by atomic mass is 10.2. The van der Waals surface area contributed by atoms with Gasteiger partial charge in [-0.25, -0.2) is 0 Å². The Morgan fingerprint density at radius 1 is 1.00 bits per heavy atom. The number of benzene rings is 2. The SMILES string of the molecule is CCOc1ccc(Oc2cc(Br)cc(CN)c2)cc1. The standard InChI is InChI=1S/C15H16BrNO2/c1-2-18-13-3-5-14(6-4-13)19-15-8-11(10-17)7-12(16)9-15/h3-9H,2,10,17H2,1H3. The van der Waals surface area contributed by atoms with Crippen molar-refractivity contribution >= 4 is 15.9 Å². The lowest BCUT2D eigenvalue weighted by Crippen LogP contribution is -1.96.